The maximum atomic E-state index is 15.3. The second-order valence-corrected chi connectivity index (χ2v) is 6.41. The van der Waals surface area contributed by atoms with Crippen molar-refractivity contribution in [3.05, 3.63) is 54.0 Å². The van der Waals surface area contributed by atoms with E-state index in [2.05, 4.69) is 25.3 Å². The summed E-state index contributed by atoms with van der Waals surface area (Å²) in [6.07, 6.45) is 5.03. The molecule has 0 saturated heterocycles. The van der Waals surface area contributed by atoms with E-state index in [0.717, 1.165) is 27.9 Å². The smallest absolute Gasteiger partial charge is 0.322 e. The fourth-order valence-electron chi connectivity index (χ4n) is 3.40. The van der Waals surface area contributed by atoms with Gasteiger partial charge in [-0.15, -0.1) is 0 Å². The summed E-state index contributed by atoms with van der Waals surface area (Å²) in [6.45, 7) is 2.11. The van der Waals surface area contributed by atoms with Crippen LogP contribution in [-0.4, -0.2) is 24.5 Å². The average molecular weight is 362 g/mol. The van der Waals surface area contributed by atoms with Gasteiger partial charge >= 0.3 is 6.01 Å². The van der Waals surface area contributed by atoms with Crippen molar-refractivity contribution in [2.24, 2.45) is 7.05 Å². The molecule has 0 aliphatic carbocycles. The molecular formula is C19H15FN6O. The van der Waals surface area contributed by atoms with Crippen LogP contribution in [0.4, 0.5) is 10.2 Å². The van der Waals surface area contributed by atoms with Crippen LogP contribution in [0.2, 0.25) is 0 Å². The van der Waals surface area contributed by atoms with E-state index >= 15 is 4.39 Å². The molecule has 5 rings (SSSR count). The zero-order valence-electron chi connectivity index (χ0n) is 14.7. The Balaban J connectivity index is 1.65. The lowest BCUT2D eigenvalue weighted by atomic mass is 10.00. The number of ether oxygens (including phenoxy) is 1. The Bertz CT molecular complexity index is 1200. The Morgan fingerprint density at radius 1 is 1.15 bits per heavy atom. The largest absolute Gasteiger partial charge is 0.421 e. The average Bonchev–Trinajstić information content (AvgIpc) is 2.90. The van der Waals surface area contributed by atoms with E-state index in [9.17, 15) is 0 Å². The van der Waals surface area contributed by atoms with Gasteiger partial charge in [-0.3, -0.25) is 0 Å². The molecule has 8 heteroatoms. The quantitative estimate of drug-likeness (QED) is 0.587. The van der Waals surface area contributed by atoms with Crippen LogP contribution in [0.1, 0.15) is 11.3 Å². The lowest BCUT2D eigenvalue weighted by molar-refractivity contribution is 0.408. The summed E-state index contributed by atoms with van der Waals surface area (Å²) in [7, 11) is 1.91. The fraction of sp³-hybridized carbons (Fsp3) is 0.158. The van der Waals surface area contributed by atoms with Crippen LogP contribution in [0.15, 0.2) is 36.9 Å². The predicted octanol–water partition coefficient (Wildman–Crippen LogP) is 3.59. The first-order valence-corrected chi connectivity index (χ1v) is 8.45. The fourth-order valence-corrected chi connectivity index (χ4v) is 3.40. The molecule has 0 fully saturated rings. The molecule has 0 atom stereocenters. The van der Waals surface area contributed by atoms with Crippen molar-refractivity contribution in [2.75, 3.05) is 5.32 Å². The standard InChI is InChI=1S/C19H15FN6O/c1-10-5-6-21-19(25-10)27-14-4-3-11-12(16(14)20)7-22-17-15-13(11)8-26(2)18(15)24-9-23-17/h3-6,8-9H,7H2,1-2H3,(H,22,23,24). The summed E-state index contributed by atoms with van der Waals surface area (Å²) >= 11 is 0. The Labute approximate surface area is 153 Å². The number of aromatic nitrogens is 5. The second kappa shape index (κ2) is 5.73. The van der Waals surface area contributed by atoms with Gasteiger partial charge in [0.1, 0.15) is 17.8 Å². The van der Waals surface area contributed by atoms with E-state index in [0.29, 0.717) is 11.4 Å². The molecule has 0 radical (unpaired) electrons. The Morgan fingerprint density at radius 2 is 2.04 bits per heavy atom. The Morgan fingerprint density at radius 3 is 2.89 bits per heavy atom. The third kappa shape index (κ3) is 2.41. The number of hydrogen-bond donors (Lipinski definition) is 1. The minimum absolute atomic E-state index is 0.0883. The molecule has 27 heavy (non-hydrogen) atoms. The molecule has 0 unspecified atom stereocenters. The van der Waals surface area contributed by atoms with Crippen molar-refractivity contribution in [3.63, 3.8) is 0 Å². The molecular weight excluding hydrogens is 347 g/mol. The number of fused-ring (bicyclic) bond motifs is 2. The van der Waals surface area contributed by atoms with Gasteiger partial charge in [0.2, 0.25) is 0 Å². The third-order valence-corrected chi connectivity index (χ3v) is 4.66. The summed E-state index contributed by atoms with van der Waals surface area (Å²) in [6, 6.07) is 5.32. The van der Waals surface area contributed by atoms with Gasteiger partial charge in [0.05, 0.1) is 5.39 Å². The van der Waals surface area contributed by atoms with Crippen LogP contribution in [0.5, 0.6) is 11.8 Å². The van der Waals surface area contributed by atoms with Gasteiger partial charge in [-0.05, 0) is 24.6 Å². The van der Waals surface area contributed by atoms with Crippen LogP contribution >= 0.6 is 0 Å². The monoisotopic (exact) mass is 362 g/mol. The van der Waals surface area contributed by atoms with E-state index in [1.165, 1.54) is 6.33 Å². The van der Waals surface area contributed by atoms with Crippen LogP contribution < -0.4 is 10.1 Å². The lowest BCUT2D eigenvalue weighted by Gasteiger charge is -2.12. The van der Waals surface area contributed by atoms with E-state index in [4.69, 9.17) is 4.74 Å². The molecule has 7 nitrogen and oxygen atoms in total. The topological polar surface area (TPSA) is 77.8 Å². The molecule has 3 aromatic heterocycles. The summed E-state index contributed by atoms with van der Waals surface area (Å²) in [5.41, 5.74) is 3.73. The number of benzene rings is 1. The molecule has 0 saturated carbocycles. The molecule has 4 aromatic rings. The van der Waals surface area contributed by atoms with Gasteiger partial charge in [-0.25, -0.2) is 24.3 Å². The van der Waals surface area contributed by atoms with Crippen LogP contribution in [0.25, 0.3) is 22.2 Å². The number of aryl methyl sites for hydroxylation is 2. The summed E-state index contributed by atoms with van der Waals surface area (Å²) in [5, 5.41) is 4.09. The predicted molar refractivity (Wildman–Crippen MR) is 98.1 cm³/mol. The number of rotatable bonds is 2. The highest BCUT2D eigenvalue weighted by Crippen LogP contribution is 2.40. The first-order valence-electron chi connectivity index (χ1n) is 8.45. The van der Waals surface area contributed by atoms with Crippen molar-refractivity contribution in [3.8, 4) is 22.9 Å². The molecule has 1 aliphatic rings. The maximum Gasteiger partial charge on any atom is 0.322 e. The zero-order chi connectivity index (χ0) is 18.5. The van der Waals surface area contributed by atoms with Crippen LogP contribution in [0.3, 0.4) is 0 Å². The SMILES string of the molecule is Cc1ccnc(Oc2ccc3c(c2F)CNc2ncnc4c2c-3cn4C)n1. The first kappa shape index (κ1) is 15.7. The molecule has 1 N–H and O–H groups in total. The van der Waals surface area contributed by atoms with E-state index in [1.54, 1.807) is 18.3 Å². The summed E-state index contributed by atoms with van der Waals surface area (Å²) in [4.78, 5) is 16.9. The van der Waals surface area contributed by atoms with Gasteiger partial charge in [0.25, 0.3) is 0 Å². The highest BCUT2D eigenvalue weighted by atomic mass is 19.1. The summed E-state index contributed by atoms with van der Waals surface area (Å²) < 4.78 is 22.8. The molecule has 134 valence electrons. The molecule has 1 aliphatic heterocycles. The molecule has 0 spiro atoms. The molecule has 4 heterocycles. The summed E-state index contributed by atoms with van der Waals surface area (Å²) in [5.74, 6) is 0.337. The molecule has 0 amide bonds. The first-order chi connectivity index (χ1) is 13.1. The highest BCUT2D eigenvalue weighted by molar-refractivity contribution is 6.02. The van der Waals surface area contributed by atoms with Gasteiger partial charge < -0.3 is 14.6 Å². The van der Waals surface area contributed by atoms with Gasteiger partial charge in [-0.2, -0.15) is 0 Å². The van der Waals surface area contributed by atoms with Crippen molar-refractivity contribution < 1.29 is 9.13 Å². The Kier molecular flexibility index (Phi) is 3.33. The third-order valence-electron chi connectivity index (χ3n) is 4.66. The lowest BCUT2D eigenvalue weighted by Crippen LogP contribution is -2.05. The van der Waals surface area contributed by atoms with Gasteiger partial charge in [-0.1, -0.05) is 6.07 Å². The van der Waals surface area contributed by atoms with Crippen molar-refractivity contribution in [1.29, 1.82) is 0 Å². The van der Waals surface area contributed by atoms with Gasteiger partial charge in [0, 0.05) is 42.8 Å². The number of nitrogens with one attached hydrogen (secondary N) is 1. The number of anilines is 1. The molecule has 1 aromatic carbocycles. The Hall–Kier alpha value is -3.55. The normalized spacial score (nSPS) is 12.4. The van der Waals surface area contributed by atoms with Gasteiger partial charge in [0.15, 0.2) is 11.6 Å². The highest BCUT2D eigenvalue weighted by Gasteiger charge is 2.24. The van der Waals surface area contributed by atoms with E-state index in [-0.39, 0.29) is 18.3 Å². The number of hydrogen-bond acceptors (Lipinski definition) is 6. The maximum absolute atomic E-state index is 15.3. The van der Waals surface area contributed by atoms with Crippen molar-refractivity contribution in [1.82, 2.24) is 24.5 Å². The van der Waals surface area contributed by atoms with Crippen LogP contribution in [-0.2, 0) is 13.6 Å². The minimum atomic E-state index is -0.442. The zero-order valence-corrected chi connectivity index (χ0v) is 14.7. The second-order valence-electron chi connectivity index (χ2n) is 6.41. The minimum Gasteiger partial charge on any atom is -0.421 e. The number of nitrogens with zero attached hydrogens (tertiary/aromatic N) is 5. The van der Waals surface area contributed by atoms with E-state index in [1.807, 2.05) is 30.8 Å². The van der Waals surface area contributed by atoms with Crippen molar-refractivity contribution >= 4 is 16.9 Å². The van der Waals surface area contributed by atoms with Crippen LogP contribution in [0, 0.1) is 12.7 Å². The number of halogens is 1. The molecule has 0 bridgehead atoms. The van der Waals surface area contributed by atoms with E-state index < -0.39 is 5.82 Å². The van der Waals surface area contributed by atoms with Crippen molar-refractivity contribution in [2.45, 2.75) is 13.5 Å².